The van der Waals surface area contributed by atoms with Gasteiger partial charge in [-0.25, -0.2) is 4.79 Å². The Balaban J connectivity index is 2.81. The van der Waals surface area contributed by atoms with Crippen molar-refractivity contribution in [1.29, 1.82) is 0 Å². The van der Waals surface area contributed by atoms with E-state index in [4.69, 9.17) is 0 Å². The Bertz CT molecular complexity index is 584. The summed E-state index contributed by atoms with van der Waals surface area (Å²) in [5.74, 6) is -2.99. The minimum Gasteiger partial charge on any atom is -0.460 e. The second-order valence-electron chi connectivity index (χ2n) is 4.36. The summed E-state index contributed by atoms with van der Waals surface area (Å²) in [4.78, 5) is 34.6. The molecule has 1 aromatic rings. The van der Waals surface area contributed by atoms with Gasteiger partial charge in [0.2, 0.25) is 0 Å². The van der Waals surface area contributed by atoms with E-state index in [0.717, 1.165) is 12.1 Å². The number of halogens is 3. The molecular formula is C14H14F3NO4. The van der Waals surface area contributed by atoms with Gasteiger partial charge in [0.25, 0.3) is 11.7 Å². The lowest BCUT2D eigenvalue weighted by atomic mass is 10.1. The Morgan fingerprint density at radius 2 is 1.91 bits per heavy atom. The van der Waals surface area contributed by atoms with Crippen molar-refractivity contribution >= 4 is 17.7 Å². The monoisotopic (exact) mass is 317 g/mol. The van der Waals surface area contributed by atoms with E-state index in [2.05, 4.69) is 10.1 Å². The minimum absolute atomic E-state index is 0.00112. The van der Waals surface area contributed by atoms with Gasteiger partial charge < -0.3 is 10.1 Å². The topological polar surface area (TPSA) is 72.5 Å². The lowest BCUT2D eigenvalue weighted by Gasteiger charge is -2.13. The number of ether oxygens (including phenoxy) is 1. The number of benzene rings is 1. The predicted octanol–water partition coefficient (Wildman–Crippen LogP) is 1.96. The molecule has 0 aliphatic rings. The normalized spacial score (nSPS) is 12.4. The van der Waals surface area contributed by atoms with E-state index < -0.39 is 35.4 Å². The Morgan fingerprint density at radius 3 is 2.45 bits per heavy atom. The van der Waals surface area contributed by atoms with Crippen LogP contribution in [0.1, 0.15) is 29.8 Å². The molecule has 0 aliphatic carbocycles. The maximum absolute atomic E-state index is 12.6. The number of rotatable bonds is 5. The Morgan fingerprint density at radius 1 is 1.27 bits per heavy atom. The van der Waals surface area contributed by atoms with Crippen LogP contribution in [0.3, 0.4) is 0 Å². The molecule has 0 saturated heterocycles. The largest absolute Gasteiger partial charge is 0.460 e. The number of carbonyl (C=O) groups excluding carboxylic acids is 3. The number of carbonyl (C=O) groups is 3. The number of hydrogen-bond donors (Lipinski definition) is 1. The van der Waals surface area contributed by atoms with Crippen molar-refractivity contribution in [2.45, 2.75) is 26.1 Å². The summed E-state index contributed by atoms with van der Waals surface area (Å²) >= 11 is 0. The summed E-state index contributed by atoms with van der Waals surface area (Å²) in [6.45, 7) is 2.75. The van der Waals surface area contributed by atoms with Crippen LogP contribution in [0.15, 0.2) is 24.3 Å². The van der Waals surface area contributed by atoms with Gasteiger partial charge in [-0.15, -0.1) is 0 Å². The molecule has 8 heteroatoms. The van der Waals surface area contributed by atoms with Gasteiger partial charge in [0.1, 0.15) is 0 Å². The molecule has 1 atom stereocenters. The predicted molar refractivity (Wildman–Crippen MR) is 70.0 cm³/mol. The molecule has 0 bridgehead atoms. The zero-order valence-corrected chi connectivity index (χ0v) is 11.9. The standard InChI is InChI=1S/C14H14F3NO4/c1-3-22-13(21)11(19)8(2)18-12(20)9-5-4-6-10(7-9)14(15,16)17/h4-8H,3H2,1-2H3,(H,18,20). The number of amides is 1. The summed E-state index contributed by atoms with van der Waals surface area (Å²) in [5.41, 5.74) is -1.25. The van der Waals surface area contributed by atoms with Crippen molar-refractivity contribution in [1.82, 2.24) is 5.32 Å². The first-order valence-corrected chi connectivity index (χ1v) is 6.36. The van der Waals surface area contributed by atoms with E-state index in [1.54, 1.807) is 0 Å². The van der Waals surface area contributed by atoms with Crippen LogP contribution >= 0.6 is 0 Å². The fourth-order valence-electron chi connectivity index (χ4n) is 1.56. The first kappa shape index (κ1) is 17.7. The summed E-state index contributed by atoms with van der Waals surface area (Å²) in [6, 6.07) is 2.53. The quantitative estimate of drug-likeness (QED) is 0.665. The molecule has 1 aromatic carbocycles. The van der Waals surface area contributed by atoms with Crippen LogP contribution in [0.25, 0.3) is 0 Å². The lowest BCUT2D eigenvalue weighted by Crippen LogP contribution is -2.42. The smallest absolute Gasteiger partial charge is 0.416 e. The molecule has 5 nitrogen and oxygen atoms in total. The molecule has 0 aliphatic heterocycles. The third-order valence-corrected chi connectivity index (χ3v) is 2.67. The maximum atomic E-state index is 12.6. The van der Waals surface area contributed by atoms with Gasteiger partial charge in [-0.2, -0.15) is 13.2 Å². The van der Waals surface area contributed by atoms with Crippen LogP contribution in [0, 0.1) is 0 Å². The summed E-state index contributed by atoms with van der Waals surface area (Å²) in [6.07, 6.45) is -4.58. The third kappa shape index (κ3) is 4.57. The number of esters is 1. The van der Waals surface area contributed by atoms with Crippen molar-refractivity contribution in [3.63, 3.8) is 0 Å². The SMILES string of the molecule is CCOC(=O)C(=O)C(C)NC(=O)c1cccc(C(F)(F)F)c1. The molecule has 0 spiro atoms. The molecule has 0 radical (unpaired) electrons. The number of Topliss-reactive ketones (excluding diaryl/α,β-unsaturated/α-hetero) is 1. The zero-order valence-electron chi connectivity index (χ0n) is 11.9. The van der Waals surface area contributed by atoms with Crippen LogP contribution < -0.4 is 5.32 Å². The highest BCUT2D eigenvalue weighted by atomic mass is 19.4. The van der Waals surface area contributed by atoms with Crippen molar-refractivity contribution in [3.05, 3.63) is 35.4 Å². The highest BCUT2D eigenvalue weighted by Crippen LogP contribution is 2.29. The molecule has 1 N–H and O–H groups in total. The van der Waals surface area contributed by atoms with Crippen LogP contribution in [0.5, 0.6) is 0 Å². The average molecular weight is 317 g/mol. The van der Waals surface area contributed by atoms with E-state index in [0.29, 0.717) is 6.07 Å². The molecule has 1 unspecified atom stereocenters. The van der Waals surface area contributed by atoms with Crippen molar-refractivity contribution in [3.8, 4) is 0 Å². The molecule has 0 aromatic heterocycles. The van der Waals surface area contributed by atoms with Gasteiger partial charge in [0.15, 0.2) is 0 Å². The Kier molecular flexibility index (Phi) is 5.67. The van der Waals surface area contributed by atoms with Gasteiger partial charge in [0.05, 0.1) is 18.2 Å². The van der Waals surface area contributed by atoms with Crippen LogP contribution in [-0.4, -0.2) is 30.3 Å². The fourth-order valence-corrected chi connectivity index (χ4v) is 1.56. The second kappa shape index (κ2) is 7.06. The van der Waals surface area contributed by atoms with Gasteiger partial charge in [0, 0.05) is 5.56 Å². The maximum Gasteiger partial charge on any atom is 0.416 e. The molecule has 1 amide bonds. The molecule has 120 valence electrons. The molecule has 22 heavy (non-hydrogen) atoms. The Hall–Kier alpha value is -2.38. The van der Waals surface area contributed by atoms with Crippen molar-refractivity contribution in [2.75, 3.05) is 6.61 Å². The number of hydrogen-bond acceptors (Lipinski definition) is 4. The van der Waals surface area contributed by atoms with Gasteiger partial charge in [-0.1, -0.05) is 6.07 Å². The zero-order chi connectivity index (χ0) is 16.9. The van der Waals surface area contributed by atoms with Crippen molar-refractivity contribution < 1.29 is 32.3 Å². The first-order valence-electron chi connectivity index (χ1n) is 6.36. The molecule has 0 fully saturated rings. The van der Waals surface area contributed by atoms with Gasteiger partial charge in [-0.05, 0) is 32.0 Å². The highest BCUT2D eigenvalue weighted by molar-refractivity contribution is 6.36. The van der Waals surface area contributed by atoms with E-state index in [1.165, 1.54) is 19.9 Å². The summed E-state index contributed by atoms with van der Waals surface area (Å²) in [5, 5.41) is 2.16. The number of nitrogens with one attached hydrogen (secondary N) is 1. The van der Waals surface area contributed by atoms with E-state index >= 15 is 0 Å². The van der Waals surface area contributed by atoms with E-state index in [1.807, 2.05) is 0 Å². The Labute approximate surface area is 124 Å². The van der Waals surface area contributed by atoms with Gasteiger partial charge in [-0.3, -0.25) is 9.59 Å². The van der Waals surface area contributed by atoms with Crippen molar-refractivity contribution in [2.24, 2.45) is 0 Å². The molecule has 0 heterocycles. The number of alkyl halides is 3. The van der Waals surface area contributed by atoms with Crippen LogP contribution in [-0.2, 0) is 20.5 Å². The second-order valence-corrected chi connectivity index (χ2v) is 4.36. The van der Waals surface area contributed by atoms with Crippen LogP contribution in [0.2, 0.25) is 0 Å². The van der Waals surface area contributed by atoms with E-state index in [9.17, 15) is 27.6 Å². The number of ketones is 1. The third-order valence-electron chi connectivity index (χ3n) is 2.67. The molecule has 1 rings (SSSR count). The highest BCUT2D eigenvalue weighted by Gasteiger charge is 2.31. The van der Waals surface area contributed by atoms with E-state index in [-0.39, 0.29) is 12.2 Å². The minimum atomic E-state index is -4.58. The fraction of sp³-hybridized carbons (Fsp3) is 0.357. The summed E-state index contributed by atoms with van der Waals surface area (Å²) < 4.78 is 42.2. The molecule has 0 saturated carbocycles. The first-order chi connectivity index (χ1) is 10.2. The van der Waals surface area contributed by atoms with Crippen LogP contribution in [0.4, 0.5) is 13.2 Å². The summed E-state index contributed by atoms with van der Waals surface area (Å²) in [7, 11) is 0. The lowest BCUT2D eigenvalue weighted by molar-refractivity contribution is -0.154. The average Bonchev–Trinajstić information content (AvgIpc) is 2.45. The molecular weight excluding hydrogens is 303 g/mol. The van der Waals surface area contributed by atoms with Gasteiger partial charge >= 0.3 is 12.1 Å².